The van der Waals surface area contributed by atoms with Crippen molar-refractivity contribution in [3.63, 3.8) is 0 Å². The van der Waals surface area contributed by atoms with Crippen LogP contribution in [0.4, 0.5) is 4.39 Å². The first-order valence-electron chi connectivity index (χ1n) is 7.67. The third-order valence-electron chi connectivity index (χ3n) is 3.51. The highest BCUT2D eigenvalue weighted by molar-refractivity contribution is 5.32. The fourth-order valence-corrected chi connectivity index (χ4v) is 2.47. The van der Waals surface area contributed by atoms with Crippen LogP contribution in [0.25, 0.3) is 0 Å². The zero-order valence-corrected chi connectivity index (χ0v) is 12.8. The highest BCUT2D eigenvalue weighted by atomic mass is 19.1. The molecule has 0 amide bonds. The van der Waals surface area contributed by atoms with Crippen molar-refractivity contribution < 1.29 is 4.39 Å². The summed E-state index contributed by atoms with van der Waals surface area (Å²) >= 11 is 0. The third kappa shape index (κ3) is 4.36. The van der Waals surface area contributed by atoms with Gasteiger partial charge in [0.1, 0.15) is 5.82 Å². The van der Waals surface area contributed by atoms with Crippen LogP contribution < -0.4 is 5.32 Å². The molecule has 0 aliphatic heterocycles. The van der Waals surface area contributed by atoms with E-state index < -0.39 is 0 Å². The quantitative estimate of drug-likeness (QED) is 0.822. The van der Waals surface area contributed by atoms with Crippen LogP contribution in [0, 0.1) is 5.82 Å². The number of rotatable bonds is 7. The summed E-state index contributed by atoms with van der Waals surface area (Å²) in [5.41, 5.74) is 3.36. The second-order valence-electron chi connectivity index (χ2n) is 5.32. The Morgan fingerprint density at radius 3 is 2.43 bits per heavy atom. The molecule has 0 radical (unpaired) electrons. The predicted molar refractivity (Wildman–Crippen MR) is 84.8 cm³/mol. The summed E-state index contributed by atoms with van der Waals surface area (Å²) in [6.07, 6.45) is 6.24. The van der Waals surface area contributed by atoms with Crippen molar-refractivity contribution in [3.8, 4) is 0 Å². The van der Waals surface area contributed by atoms with Crippen LogP contribution in [0.1, 0.15) is 49.4 Å². The number of hydrogen-bond donors (Lipinski definition) is 1. The lowest BCUT2D eigenvalue weighted by molar-refractivity contribution is 0.580. The zero-order chi connectivity index (χ0) is 15.1. The van der Waals surface area contributed by atoms with E-state index >= 15 is 0 Å². The van der Waals surface area contributed by atoms with Crippen molar-refractivity contribution >= 4 is 0 Å². The van der Waals surface area contributed by atoms with Crippen molar-refractivity contribution in [1.29, 1.82) is 0 Å². The number of aryl methyl sites for hydroxylation is 1. The molecule has 2 rings (SSSR count). The zero-order valence-electron chi connectivity index (χ0n) is 12.8. The van der Waals surface area contributed by atoms with E-state index in [1.54, 1.807) is 12.3 Å². The van der Waals surface area contributed by atoms with Gasteiger partial charge in [-0.1, -0.05) is 44.5 Å². The largest absolute Gasteiger partial charge is 0.306 e. The van der Waals surface area contributed by atoms with Crippen molar-refractivity contribution in [2.75, 3.05) is 6.54 Å². The molecular weight excluding hydrogens is 263 g/mol. The minimum Gasteiger partial charge on any atom is -0.306 e. The second-order valence-corrected chi connectivity index (χ2v) is 5.32. The Balaban J connectivity index is 2.26. The Hall–Kier alpha value is -1.74. The van der Waals surface area contributed by atoms with E-state index in [-0.39, 0.29) is 11.9 Å². The van der Waals surface area contributed by atoms with E-state index in [2.05, 4.69) is 48.4 Å². The smallest absolute Gasteiger partial charge is 0.141 e. The number of aromatic nitrogens is 1. The van der Waals surface area contributed by atoms with E-state index in [0.717, 1.165) is 36.9 Å². The standard InChI is InChI=1S/C18H23FN2/c1-3-5-14-6-8-15(9-7-14)18(21-10-4-2)16-11-17(19)13-20-12-16/h6-9,11-13,18,21H,3-5,10H2,1-2H3. The first-order valence-corrected chi connectivity index (χ1v) is 7.67. The summed E-state index contributed by atoms with van der Waals surface area (Å²) in [5, 5.41) is 3.47. The summed E-state index contributed by atoms with van der Waals surface area (Å²) in [4.78, 5) is 3.97. The normalized spacial score (nSPS) is 12.3. The van der Waals surface area contributed by atoms with Gasteiger partial charge >= 0.3 is 0 Å². The van der Waals surface area contributed by atoms with Crippen molar-refractivity contribution in [1.82, 2.24) is 10.3 Å². The maximum atomic E-state index is 13.4. The minimum atomic E-state index is -0.293. The van der Waals surface area contributed by atoms with Crippen LogP contribution in [0.5, 0.6) is 0 Å². The summed E-state index contributed by atoms with van der Waals surface area (Å²) in [6.45, 7) is 5.19. The molecule has 0 bridgehead atoms. The molecule has 3 heteroatoms. The Kier molecular flexibility index (Phi) is 5.88. The van der Waals surface area contributed by atoms with Gasteiger partial charge in [0.25, 0.3) is 0 Å². The monoisotopic (exact) mass is 286 g/mol. The maximum Gasteiger partial charge on any atom is 0.141 e. The molecule has 0 spiro atoms. The van der Waals surface area contributed by atoms with E-state index in [1.807, 2.05) is 0 Å². The molecule has 112 valence electrons. The maximum absolute atomic E-state index is 13.4. The van der Waals surface area contributed by atoms with Crippen molar-refractivity contribution in [3.05, 3.63) is 65.2 Å². The highest BCUT2D eigenvalue weighted by Crippen LogP contribution is 2.22. The molecule has 0 aliphatic rings. The van der Waals surface area contributed by atoms with E-state index in [4.69, 9.17) is 0 Å². The van der Waals surface area contributed by atoms with Gasteiger partial charge < -0.3 is 5.32 Å². The van der Waals surface area contributed by atoms with Crippen LogP contribution in [-0.4, -0.2) is 11.5 Å². The van der Waals surface area contributed by atoms with Gasteiger partial charge in [-0.15, -0.1) is 0 Å². The van der Waals surface area contributed by atoms with Crippen LogP contribution in [-0.2, 0) is 6.42 Å². The molecular formula is C18H23FN2. The average Bonchev–Trinajstić information content (AvgIpc) is 2.50. The van der Waals surface area contributed by atoms with Crippen LogP contribution >= 0.6 is 0 Å². The van der Waals surface area contributed by atoms with Gasteiger partial charge in [0.05, 0.1) is 12.2 Å². The van der Waals surface area contributed by atoms with Gasteiger partial charge in [-0.2, -0.15) is 0 Å². The summed E-state index contributed by atoms with van der Waals surface area (Å²) in [5.74, 6) is -0.293. The molecule has 1 aromatic carbocycles. The van der Waals surface area contributed by atoms with E-state index in [0.29, 0.717) is 0 Å². The molecule has 0 saturated heterocycles. The molecule has 0 fully saturated rings. The average molecular weight is 286 g/mol. The summed E-state index contributed by atoms with van der Waals surface area (Å²) in [6, 6.07) is 10.1. The predicted octanol–water partition coefficient (Wildman–Crippen LogP) is 4.26. The van der Waals surface area contributed by atoms with E-state index in [9.17, 15) is 4.39 Å². The first kappa shape index (κ1) is 15.6. The topological polar surface area (TPSA) is 24.9 Å². The fourth-order valence-electron chi connectivity index (χ4n) is 2.47. The number of nitrogens with zero attached hydrogens (tertiary/aromatic N) is 1. The number of pyridine rings is 1. The SMILES string of the molecule is CCCNC(c1ccc(CCC)cc1)c1cncc(F)c1. The Morgan fingerprint density at radius 2 is 1.81 bits per heavy atom. The molecule has 0 saturated carbocycles. The fraction of sp³-hybridized carbons (Fsp3) is 0.389. The number of nitrogens with one attached hydrogen (secondary N) is 1. The number of halogens is 1. The van der Waals surface area contributed by atoms with E-state index in [1.165, 1.54) is 11.8 Å². The molecule has 1 heterocycles. The lowest BCUT2D eigenvalue weighted by Crippen LogP contribution is -2.23. The Labute approximate surface area is 126 Å². The molecule has 1 N–H and O–H groups in total. The highest BCUT2D eigenvalue weighted by Gasteiger charge is 2.14. The molecule has 2 nitrogen and oxygen atoms in total. The lowest BCUT2D eigenvalue weighted by Gasteiger charge is -2.19. The number of hydrogen-bond acceptors (Lipinski definition) is 2. The van der Waals surface area contributed by atoms with Crippen molar-refractivity contribution in [2.45, 2.75) is 39.2 Å². The molecule has 1 unspecified atom stereocenters. The summed E-state index contributed by atoms with van der Waals surface area (Å²) < 4.78 is 13.4. The second kappa shape index (κ2) is 7.89. The Bertz CT molecular complexity index is 551. The third-order valence-corrected chi connectivity index (χ3v) is 3.51. The molecule has 21 heavy (non-hydrogen) atoms. The van der Waals surface area contributed by atoms with Crippen molar-refractivity contribution in [2.24, 2.45) is 0 Å². The minimum absolute atomic E-state index is 0.0103. The van der Waals surface area contributed by atoms with Gasteiger partial charge in [0.15, 0.2) is 0 Å². The van der Waals surface area contributed by atoms with Gasteiger partial charge in [-0.3, -0.25) is 4.98 Å². The van der Waals surface area contributed by atoms with Gasteiger partial charge in [-0.05, 0) is 42.1 Å². The molecule has 0 aliphatic carbocycles. The van der Waals surface area contributed by atoms with Gasteiger partial charge in [-0.25, -0.2) is 4.39 Å². The summed E-state index contributed by atoms with van der Waals surface area (Å²) in [7, 11) is 0. The van der Waals surface area contributed by atoms with Crippen LogP contribution in [0.3, 0.4) is 0 Å². The van der Waals surface area contributed by atoms with Crippen LogP contribution in [0.2, 0.25) is 0 Å². The van der Waals surface area contributed by atoms with Crippen LogP contribution in [0.15, 0.2) is 42.7 Å². The lowest BCUT2D eigenvalue weighted by atomic mass is 9.98. The molecule has 1 atom stereocenters. The van der Waals surface area contributed by atoms with Gasteiger partial charge in [0, 0.05) is 6.20 Å². The molecule has 2 aromatic rings. The molecule has 1 aromatic heterocycles. The van der Waals surface area contributed by atoms with Gasteiger partial charge in [0.2, 0.25) is 0 Å². The number of benzene rings is 1. The first-order chi connectivity index (χ1) is 10.2. The Morgan fingerprint density at radius 1 is 1.05 bits per heavy atom.